The Labute approximate surface area is 96.5 Å². The molecule has 0 aromatic carbocycles. The molecule has 0 spiro atoms. The van der Waals surface area contributed by atoms with E-state index in [4.69, 9.17) is 5.73 Å². The molecule has 1 aliphatic heterocycles. The number of hydrogen-bond acceptors (Lipinski definition) is 4. The molecule has 0 atom stereocenters. The molecule has 0 bridgehead atoms. The van der Waals surface area contributed by atoms with Crippen molar-refractivity contribution in [3.63, 3.8) is 0 Å². The van der Waals surface area contributed by atoms with Gasteiger partial charge in [0, 0.05) is 36.0 Å². The van der Waals surface area contributed by atoms with Gasteiger partial charge in [-0.3, -0.25) is 4.98 Å². The Morgan fingerprint density at radius 2 is 2.13 bits per heavy atom. The van der Waals surface area contributed by atoms with Crippen molar-refractivity contribution in [2.45, 2.75) is 10.9 Å². The number of halogens is 1. The maximum absolute atomic E-state index is 11.9. The van der Waals surface area contributed by atoms with E-state index in [-0.39, 0.29) is 10.9 Å². The highest BCUT2D eigenvalue weighted by Crippen LogP contribution is 2.22. The van der Waals surface area contributed by atoms with Gasteiger partial charge in [-0.05, 0) is 22.0 Å². The summed E-state index contributed by atoms with van der Waals surface area (Å²) in [7, 11) is -3.40. The summed E-state index contributed by atoms with van der Waals surface area (Å²) in [4.78, 5) is 4.02. The Morgan fingerprint density at radius 3 is 2.67 bits per heavy atom. The van der Waals surface area contributed by atoms with Crippen LogP contribution in [0.5, 0.6) is 0 Å². The fourth-order valence-corrected chi connectivity index (χ4v) is 3.41. The first kappa shape index (κ1) is 11.0. The predicted molar refractivity (Wildman–Crippen MR) is 58.7 cm³/mol. The zero-order valence-corrected chi connectivity index (χ0v) is 10.2. The summed E-state index contributed by atoms with van der Waals surface area (Å²) in [5.74, 6) is 0. The summed E-state index contributed by atoms with van der Waals surface area (Å²) in [5.41, 5.74) is 5.54. The molecule has 1 aliphatic rings. The Bertz CT molecular complexity index is 471. The van der Waals surface area contributed by atoms with E-state index in [0.717, 1.165) is 0 Å². The SMILES string of the molecule is NC1CN(S(=O)(=O)c2cncc(Br)c2)C1. The van der Waals surface area contributed by atoms with Gasteiger partial charge in [0.2, 0.25) is 10.0 Å². The van der Waals surface area contributed by atoms with E-state index in [1.165, 1.54) is 16.6 Å². The summed E-state index contributed by atoms with van der Waals surface area (Å²) in [6.07, 6.45) is 2.88. The lowest BCUT2D eigenvalue weighted by Crippen LogP contribution is -2.57. The van der Waals surface area contributed by atoms with Crippen molar-refractivity contribution in [3.05, 3.63) is 22.9 Å². The molecule has 0 saturated carbocycles. The lowest BCUT2D eigenvalue weighted by atomic mass is 10.2. The summed E-state index contributed by atoms with van der Waals surface area (Å²) in [6, 6.07) is 1.49. The van der Waals surface area contributed by atoms with E-state index in [0.29, 0.717) is 17.6 Å². The van der Waals surface area contributed by atoms with Crippen molar-refractivity contribution in [1.82, 2.24) is 9.29 Å². The maximum Gasteiger partial charge on any atom is 0.244 e. The van der Waals surface area contributed by atoms with E-state index in [9.17, 15) is 8.42 Å². The van der Waals surface area contributed by atoms with Crippen LogP contribution in [0.15, 0.2) is 27.8 Å². The van der Waals surface area contributed by atoms with Crippen LogP contribution in [0, 0.1) is 0 Å². The van der Waals surface area contributed by atoms with Crippen LogP contribution in [0.25, 0.3) is 0 Å². The zero-order valence-electron chi connectivity index (χ0n) is 7.80. The van der Waals surface area contributed by atoms with Gasteiger partial charge in [0.15, 0.2) is 0 Å². The molecule has 1 saturated heterocycles. The fraction of sp³-hybridized carbons (Fsp3) is 0.375. The fourth-order valence-electron chi connectivity index (χ4n) is 1.35. The van der Waals surface area contributed by atoms with Gasteiger partial charge in [-0.2, -0.15) is 4.31 Å². The summed E-state index contributed by atoms with van der Waals surface area (Å²) < 4.78 is 25.8. The number of pyridine rings is 1. The lowest BCUT2D eigenvalue weighted by Gasteiger charge is -2.35. The number of hydrogen-bond donors (Lipinski definition) is 1. The lowest BCUT2D eigenvalue weighted by molar-refractivity contribution is 0.265. The van der Waals surface area contributed by atoms with Crippen molar-refractivity contribution < 1.29 is 8.42 Å². The molecule has 2 N–H and O–H groups in total. The van der Waals surface area contributed by atoms with Gasteiger partial charge in [-0.15, -0.1) is 0 Å². The highest BCUT2D eigenvalue weighted by molar-refractivity contribution is 9.10. The Kier molecular flexibility index (Phi) is 2.80. The second-order valence-electron chi connectivity index (χ2n) is 3.42. The van der Waals surface area contributed by atoms with E-state index >= 15 is 0 Å². The molecule has 82 valence electrons. The van der Waals surface area contributed by atoms with Crippen LogP contribution >= 0.6 is 15.9 Å². The first-order valence-corrected chi connectivity index (χ1v) is 6.60. The highest BCUT2D eigenvalue weighted by Gasteiger charge is 2.34. The van der Waals surface area contributed by atoms with E-state index in [1.54, 1.807) is 6.20 Å². The molecule has 0 radical (unpaired) electrons. The summed E-state index contributed by atoms with van der Waals surface area (Å²) >= 11 is 3.19. The molecular formula is C8H10BrN3O2S. The van der Waals surface area contributed by atoms with Gasteiger partial charge in [0.1, 0.15) is 4.90 Å². The van der Waals surface area contributed by atoms with Crippen molar-refractivity contribution >= 4 is 26.0 Å². The van der Waals surface area contributed by atoms with E-state index < -0.39 is 10.0 Å². The van der Waals surface area contributed by atoms with E-state index in [1.807, 2.05) is 0 Å². The van der Waals surface area contributed by atoms with Crippen molar-refractivity contribution in [3.8, 4) is 0 Å². The molecule has 0 amide bonds. The standard InChI is InChI=1S/C8H10BrN3O2S/c9-6-1-8(3-11-2-6)15(13,14)12-4-7(10)5-12/h1-3,7H,4-5,10H2. The van der Waals surface area contributed by atoms with Crippen LogP contribution in [0.4, 0.5) is 0 Å². The topological polar surface area (TPSA) is 76.3 Å². The monoisotopic (exact) mass is 291 g/mol. The van der Waals surface area contributed by atoms with Gasteiger partial charge < -0.3 is 5.73 Å². The second-order valence-corrected chi connectivity index (χ2v) is 6.27. The first-order chi connectivity index (χ1) is 7.00. The van der Waals surface area contributed by atoms with Crippen molar-refractivity contribution in [2.24, 2.45) is 5.73 Å². The van der Waals surface area contributed by atoms with Gasteiger partial charge in [-0.1, -0.05) is 0 Å². The van der Waals surface area contributed by atoms with Gasteiger partial charge in [0.25, 0.3) is 0 Å². The third-order valence-electron chi connectivity index (χ3n) is 2.19. The largest absolute Gasteiger partial charge is 0.325 e. The summed E-state index contributed by atoms with van der Waals surface area (Å²) in [5, 5.41) is 0. The molecule has 5 nitrogen and oxygen atoms in total. The van der Waals surface area contributed by atoms with Crippen LogP contribution in [0.2, 0.25) is 0 Å². The predicted octanol–water partition coefficient (Wildman–Crippen LogP) is 0.176. The van der Waals surface area contributed by atoms with Crippen LogP contribution in [-0.2, 0) is 10.0 Å². The molecule has 1 fully saturated rings. The molecule has 1 aromatic rings. The van der Waals surface area contributed by atoms with E-state index in [2.05, 4.69) is 20.9 Å². The molecule has 0 aliphatic carbocycles. The van der Waals surface area contributed by atoms with Gasteiger partial charge in [-0.25, -0.2) is 8.42 Å². The smallest absolute Gasteiger partial charge is 0.244 e. The van der Waals surface area contributed by atoms with Crippen molar-refractivity contribution in [2.75, 3.05) is 13.1 Å². The molecular weight excluding hydrogens is 282 g/mol. The normalized spacial score (nSPS) is 18.8. The first-order valence-electron chi connectivity index (χ1n) is 4.36. The number of sulfonamides is 1. The van der Waals surface area contributed by atoms with Crippen LogP contribution in [0.1, 0.15) is 0 Å². The molecule has 1 aromatic heterocycles. The Hall–Kier alpha value is -0.500. The summed E-state index contributed by atoms with van der Waals surface area (Å²) in [6.45, 7) is 0.768. The highest BCUT2D eigenvalue weighted by atomic mass is 79.9. The van der Waals surface area contributed by atoms with Crippen LogP contribution in [0.3, 0.4) is 0 Å². The van der Waals surface area contributed by atoms with Crippen LogP contribution < -0.4 is 5.73 Å². The average Bonchev–Trinajstić information content (AvgIpc) is 2.13. The minimum atomic E-state index is -3.40. The molecule has 2 heterocycles. The zero-order chi connectivity index (χ0) is 11.1. The van der Waals surface area contributed by atoms with Crippen LogP contribution in [-0.4, -0.2) is 36.8 Å². The number of nitrogens with two attached hydrogens (primary N) is 1. The molecule has 15 heavy (non-hydrogen) atoms. The third kappa shape index (κ3) is 2.05. The Morgan fingerprint density at radius 1 is 1.47 bits per heavy atom. The van der Waals surface area contributed by atoms with Crippen molar-refractivity contribution in [1.29, 1.82) is 0 Å². The Balaban J connectivity index is 2.30. The number of nitrogens with zero attached hydrogens (tertiary/aromatic N) is 2. The van der Waals surface area contributed by atoms with Gasteiger partial charge >= 0.3 is 0 Å². The minimum Gasteiger partial charge on any atom is -0.325 e. The number of rotatable bonds is 2. The molecule has 2 rings (SSSR count). The average molecular weight is 292 g/mol. The molecule has 7 heteroatoms. The quantitative estimate of drug-likeness (QED) is 0.843. The molecule has 0 unspecified atom stereocenters. The second kappa shape index (κ2) is 3.82. The maximum atomic E-state index is 11.9. The number of aromatic nitrogens is 1. The third-order valence-corrected chi connectivity index (χ3v) is 4.42. The van der Waals surface area contributed by atoms with Gasteiger partial charge in [0.05, 0.1) is 0 Å². The minimum absolute atomic E-state index is 0.0418.